The van der Waals surface area contributed by atoms with Gasteiger partial charge in [0.1, 0.15) is 11.6 Å². The molecule has 0 aliphatic heterocycles. The summed E-state index contributed by atoms with van der Waals surface area (Å²) >= 11 is 0. The van der Waals surface area contributed by atoms with E-state index >= 15 is 0 Å². The SMILES string of the molecule is N[C@H](CC(F)(F)F)c1cc(F)ccc1O. The summed E-state index contributed by atoms with van der Waals surface area (Å²) in [7, 11) is 0. The Morgan fingerprint density at radius 3 is 2.47 bits per heavy atom. The van der Waals surface area contributed by atoms with Crippen molar-refractivity contribution in [1.29, 1.82) is 0 Å². The third-order valence-corrected chi connectivity index (χ3v) is 1.84. The minimum Gasteiger partial charge on any atom is -0.508 e. The molecular weight excluding hydrogens is 214 g/mol. The predicted molar refractivity (Wildman–Crippen MR) is 45.7 cm³/mol. The maximum absolute atomic E-state index is 12.7. The maximum atomic E-state index is 12.7. The van der Waals surface area contributed by atoms with Crippen LogP contribution in [0.3, 0.4) is 0 Å². The molecule has 0 spiro atoms. The fourth-order valence-corrected chi connectivity index (χ4v) is 1.18. The molecule has 0 amide bonds. The molecule has 0 unspecified atom stereocenters. The molecule has 0 aromatic heterocycles. The highest BCUT2D eigenvalue weighted by atomic mass is 19.4. The molecule has 0 saturated heterocycles. The van der Waals surface area contributed by atoms with Gasteiger partial charge in [-0.2, -0.15) is 13.2 Å². The second-order valence-corrected chi connectivity index (χ2v) is 3.13. The summed E-state index contributed by atoms with van der Waals surface area (Å²) in [6, 6.07) is 1.26. The van der Waals surface area contributed by atoms with E-state index in [-0.39, 0.29) is 5.56 Å². The summed E-state index contributed by atoms with van der Waals surface area (Å²) in [6.45, 7) is 0. The number of phenols is 1. The van der Waals surface area contributed by atoms with Crippen LogP contribution in [-0.4, -0.2) is 11.3 Å². The van der Waals surface area contributed by atoms with Crippen LogP contribution in [0.25, 0.3) is 0 Å². The number of rotatable bonds is 2. The van der Waals surface area contributed by atoms with Crippen LogP contribution >= 0.6 is 0 Å². The van der Waals surface area contributed by atoms with Crippen LogP contribution in [0.2, 0.25) is 0 Å². The number of hydrogen-bond donors (Lipinski definition) is 2. The summed E-state index contributed by atoms with van der Waals surface area (Å²) in [4.78, 5) is 0. The van der Waals surface area contributed by atoms with Crippen LogP contribution in [0.1, 0.15) is 18.0 Å². The molecule has 1 atom stereocenters. The van der Waals surface area contributed by atoms with Crippen molar-refractivity contribution in [1.82, 2.24) is 0 Å². The second kappa shape index (κ2) is 4.06. The third-order valence-electron chi connectivity index (χ3n) is 1.84. The highest BCUT2D eigenvalue weighted by Crippen LogP contribution is 2.32. The van der Waals surface area contributed by atoms with Gasteiger partial charge in [-0.3, -0.25) is 0 Å². The van der Waals surface area contributed by atoms with Crippen LogP contribution in [0.5, 0.6) is 5.75 Å². The molecule has 0 aliphatic rings. The lowest BCUT2D eigenvalue weighted by Gasteiger charge is -2.15. The summed E-state index contributed by atoms with van der Waals surface area (Å²) in [5, 5.41) is 9.19. The van der Waals surface area contributed by atoms with Gasteiger partial charge in [0.25, 0.3) is 0 Å². The molecule has 0 aliphatic carbocycles. The Morgan fingerprint density at radius 2 is 1.93 bits per heavy atom. The molecule has 6 heteroatoms. The highest BCUT2D eigenvalue weighted by Gasteiger charge is 2.31. The zero-order chi connectivity index (χ0) is 11.6. The average molecular weight is 223 g/mol. The van der Waals surface area contributed by atoms with Gasteiger partial charge in [0.05, 0.1) is 6.42 Å². The van der Waals surface area contributed by atoms with Gasteiger partial charge in [0, 0.05) is 11.6 Å². The lowest BCUT2D eigenvalue weighted by molar-refractivity contribution is -0.138. The van der Waals surface area contributed by atoms with Crippen molar-refractivity contribution in [2.45, 2.75) is 18.6 Å². The Labute approximate surface area is 83.3 Å². The van der Waals surface area contributed by atoms with Crippen molar-refractivity contribution in [3.8, 4) is 5.75 Å². The third kappa shape index (κ3) is 3.39. The van der Waals surface area contributed by atoms with Gasteiger partial charge in [0.15, 0.2) is 0 Å². The Morgan fingerprint density at radius 1 is 1.33 bits per heavy atom. The number of halogens is 4. The van der Waals surface area contributed by atoms with Crippen LogP contribution < -0.4 is 5.73 Å². The molecule has 2 nitrogen and oxygen atoms in total. The molecule has 84 valence electrons. The Balaban J connectivity index is 2.90. The Kier molecular flexibility index (Phi) is 3.18. The lowest BCUT2D eigenvalue weighted by Crippen LogP contribution is -2.20. The van der Waals surface area contributed by atoms with Crippen molar-refractivity contribution >= 4 is 0 Å². The smallest absolute Gasteiger partial charge is 0.390 e. The van der Waals surface area contributed by atoms with Gasteiger partial charge in [-0.1, -0.05) is 0 Å². The fraction of sp³-hybridized carbons (Fsp3) is 0.333. The van der Waals surface area contributed by atoms with E-state index < -0.39 is 30.2 Å². The van der Waals surface area contributed by atoms with Gasteiger partial charge in [0.2, 0.25) is 0 Å². The molecule has 0 fully saturated rings. The van der Waals surface area contributed by atoms with Crippen molar-refractivity contribution in [2.24, 2.45) is 5.73 Å². The first-order chi connectivity index (χ1) is 6.79. The minimum atomic E-state index is -4.45. The van der Waals surface area contributed by atoms with E-state index in [1.807, 2.05) is 0 Å². The second-order valence-electron chi connectivity index (χ2n) is 3.13. The number of hydrogen-bond acceptors (Lipinski definition) is 2. The van der Waals surface area contributed by atoms with Crippen molar-refractivity contribution < 1.29 is 22.7 Å². The molecular formula is C9H9F4NO. The summed E-state index contributed by atoms with van der Waals surface area (Å²) in [5.41, 5.74) is 4.96. The number of aromatic hydroxyl groups is 1. The molecule has 0 saturated carbocycles. The molecule has 1 rings (SSSR count). The normalized spacial score (nSPS) is 13.9. The zero-order valence-electron chi connectivity index (χ0n) is 7.55. The monoisotopic (exact) mass is 223 g/mol. The lowest BCUT2D eigenvalue weighted by atomic mass is 10.0. The van der Waals surface area contributed by atoms with Crippen LogP contribution in [0, 0.1) is 5.82 Å². The van der Waals surface area contributed by atoms with E-state index in [1.165, 1.54) is 0 Å². The number of phenolic OH excluding ortho intramolecular Hbond substituents is 1. The first kappa shape index (κ1) is 11.8. The highest BCUT2D eigenvalue weighted by molar-refractivity contribution is 5.35. The Hall–Kier alpha value is -1.30. The van der Waals surface area contributed by atoms with Gasteiger partial charge in [-0.05, 0) is 18.2 Å². The Bertz CT molecular complexity index is 350. The van der Waals surface area contributed by atoms with Crippen molar-refractivity contribution in [2.75, 3.05) is 0 Å². The first-order valence-corrected chi connectivity index (χ1v) is 4.10. The van der Waals surface area contributed by atoms with E-state index in [0.717, 1.165) is 18.2 Å². The quantitative estimate of drug-likeness (QED) is 0.756. The summed E-state index contributed by atoms with van der Waals surface area (Å²) in [6.07, 6.45) is -5.75. The first-order valence-electron chi connectivity index (χ1n) is 4.10. The summed E-state index contributed by atoms with van der Waals surface area (Å²) in [5.74, 6) is -1.17. The van der Waals surface area contributed by atoms with E-state index in [9.17, 15) is 22.7 Å². The van der Waals surface area contributed by atoms with Gasteiger partial charge in [-0.25, -0.2) is 4.39 Å². The van der Waals surface area contributed by atoms with Crippen molar-refractivity contribution in [3.63, 3.8) is 0 Å². The van der Waals surface area contributed by atoms with Crippen LogP contribution in [-0.2, 0) is 0 Å². The largest absolute Gasteiger partial charge is 0.508 e. The van der Waals surface area contributed by atoms with Crippen LogP contribution in [0.15, 0.2) is 18.2 Å². The number of nitrogens with two attached hydrogens (primary N) is 1. The van der Waals surface area contributed by atoms with E-state index in [2.05, 4.69) is 0 Å². The topological polar surface area (TPSA) is 46.2 Å². The maximum Gasteiger partial charge on any atom is 0.390 e. The van der Waals surface area contributed by atoms with Gasteiger partial charge in [-0.15, -0.1) is 0 Å². The van der Waals surface area contributed by atoms with Crippen LogP contribution in [0.4, 0.5) is 17.6 Å². The minimum absolute atomic E-state index is 0.243. The zero-order valence-corrected chi connectivity index (χ0v) is 7.55. The number of alkyl halides is 3. The van der Waals surface area contributed by atoms with E-state index in [4.69, 9.17) is 5.73 Å². The summed E-state index contributed by atoms with van der Waals surface area (Å²) < 4.78 is 48.6. The van der Waals surface area contributed by atoms with E-state index in [1.54, 1.807) is 0 Å². The standard InChI is InChI=1S/C9H9F4NO/c10-5-1-2-8(15)6(3-5)7(14)4-9(11,12)13/h1-3,7,15H,4,14H2/t7-/m1/s1. The number of benzene rings is 1. The molecule has 3 N–H and O–H groups in total. The van der Waals surface area contributed by atoms with E-state index in [0.29, 0.717) is 0 Å². The van der Waals surface area contributed by atoms with Gasteiger partial charge >= 0.3 is 6.18 Å². The molecule has 0 radical (unpaired) electrons. The van der Waals surface area contributed by atoms with Gasteiger partial charge < -0.3 is 10.8 Å². The fourth-order valence-electron chi connectivity index (χ4n) is 1.18. The average Bonchev–Trinajstić information content (AvgIpc) is 2.06. The molecule has 1 aromatic rings. The molecule has 1 aromatic carbocycles. The molecule has 15 heavy (non-hydrogen) atoms. The molecule has 0 heterocycles. The van der Waals surface area contributed by atoms with Crippen molar-refractivity contribution in [3.05, 3.63) is 29.6 Å². The molecule has 0 bridgehead atoms. The predicted octanol–water partition coefficient (Wildman–Crippen LogP) is 2.48.